The van der Waals surface area contributed by atoms with E-state index >= 15 is 0 Å². The summed E-state index contributed by atoms with van der Waals surface area (Å²) in [6.45, 7) is 5.28. The van der Waals surface area contributed by atoms with Crippen LogP contribution in [0.5, 0.6) is 5.75 Å². The summed E-state index contributed by atoms with van der Waals surface area (Å²) in [5.74, 6) is 0.408. The first-order chi connectivity index (χ1) is 15.4. The molecule has 0 saturated carbocycles. The van der Waals surface area contributed by atoms with E-state index in [0.29, 0.717) is 34.1 Å². The van der Waals surface area contributed by atoms with Crippen molar-refractivity contribution in [1.82, 2.24) is 9.97 Å². The Hall–Kier alpha value is -3.91. The minimum atomic E-state index is -0.520. The smallest absolute Gasteiger partial charge is 0.248 e. The van der Waals surface area contributed by atoms with Crippen LogP contribution in [0.2, 0.25) is 5.02 Å². The SMILES string of the molecule is C=CC=O.CNc1cccc(C)c1Nc1ncc(OCc2cc(C(N)=O)ccc2Cl)cn1. The van der Waals surface area contributed by atoms with Gasteiger partial charge < -0.3 is 21.1 Å². The molecule has 0 aliphatic rings. The fourth-order valence-corrected chi connectivity index (χ4v) is 2.78. The molecule has 3 aromatic rings. The molecular weight excluding hydrogens is 430 g/mol. The maximum atomic E-state index is 11.3. The van der Waals surface area contributed by atoms with Gasteiger partial charge in [-0.15, -0.1) is 0 Å². The fraction of sp³-hybridized carbons (Fsp3) is 0.130. The third-order valence-corrected chi connectivity index (χ3v) is 4.60. The van der Waals surface area contributed by atoms with Gasteiger partial charge in [-0.2, -0.15) is 0 Å². The lowest BCUT2D eigenvalue weighted by molar-refractivity contribution is -0.104. The van der Waals surface area contributed by atoms with E-state index in [-0.39, 0.29) is 6.61 Å². The van der Waals surface area contributed by atoms with Crippen molar-refractivity contribution in [2.45, 2.75) is 13.5 Å². The number of aldehydes is 1. The van der Waals surface area contributed by atoms with Crippen molar-refractivity contribution >= 4 is 41.1 Å². The van der Waals surface area contributed by atoms with Gasteiger partial charge in [-0.05, 0) is 42.8 Å². The van der Waals surface area contributed by atoms with Crippen molar-refractivity contribution in [3.63, 3.8) is 0 Å². The number of amides is 1. The number of nitrogens with one attached hydrogen (secondary N) is 2. The van der Waals surface area contributed by atoms with Crippen LogP contribution in [0.25, 0.3) is 0 Å². The minimum absolute atomic E-state index is 0.164. The van der Waals surface area contributed by atoms with E-state index < -0.39 is 5.91 Å². The number of aryl methyl sites for hydroxylation is 1. The van der Waals surface area contributed by atoms with Gasteiger partial charge in [0.25, 0.3) is 0 Å². The number of ether oxygens (including phenoxy) is 1. The standard InChI is InChI=1S/C20H20ClN5O2.C3H4O/c1-12-4-3-5-17(23-2)18(12)26-20-24-9-15(10-25-20)28-11-14-8-13(19(22)27)6-7-16(14)21;1-2-3-4/h3-10,23H,11H2,1-2H3,(H2,22,27)(H,24,25,26);2-3H,1H2. The number of primary amides is 1. The van der Waals surface area contributed by atoms with E-state index in [0.717, 1.165) is 16.9 Å². The van der Waals surface area contributed by atoms with Crippen LogP contribution < -0.4 is 21.1 Å². The molecule has 0 fully saturated rings. The van der Waals surface area contributed by atoms with Crippen molar-refractivity contribution < 1.29 is 14.3 Å². The van der Waals surface area contributed by atoms with Gasteiger partial charge in [0.2, 0.25) is 11.9 Å². The van der Waals surface area contributed by atoms with Gasteiger partial charge in [-0.3, -0.25) is 9.59 Å². The number of para-hydroxylation sites is 1. The Bertz CT molecular complexity index is 1080. The maximum absolute atomic E-state index is 11.3. The first-order valence-corrected chi connectivity index (χ1v) is 9.91. The molecule has 1 heterocycles. The van der Waals surface area contributed by atoms with Crippen molar-refractivity contribution in [2.75, 3.05) is 17.7 Å². The molecule has 0 atom stereocenters. The molecule has 0 bridgehead atoms. The molecule has 2 aromatic carbocycles. The summed E-state index contributed by atoms with van der Waals surface area (Å²) >= 11 is 6.15. The molecule has 1 amide bonds. The van der Waals surface area contributed by atoms with Crippen LogP contribution in [-0.2, 0) is 11.4 Å². The number of carbonyl (C=O) groups excluding carboxylic acids is 2. The topological polar surface area (TPSA) is 119 Å². The Kier molecular flexibility index (Phi) is 9.19. The van der Waals surface area contributed by atoms with Crippen LogP contribution in [-0.4, -0.2) is 29.2 Å². The van der Waals surface area contributed by atoms with Crippen molar-refractivity contribution in [2.24, 2.45) is 5.73 Å². The molecule has 0 aliphatic carbocycles. The number of halogens is 1. The summed E-state index contributed by atoms with van der Waals surface area (Å²) in [6.07, 6.45) is 4.97. The molecule has 166 valence electrons. The third kappa shape index (κ3) is 6.82. The third-order valence-electron chi connectivity index (χ3n) is 4.23. The fourth-order valence-electron chi connectivity index (χ4n) is 2.61. The van der Waals surface area contributed by atoms with E-state index in [2.05, 4.69) is 27.2 Å². The summed E-state index contributed by atoms with van der Waals surface area (Å²) < 4.78 is 5.68. The van der Waals surface area contributed by atoms with Crippen LogP contribution in [0.15, 0.2) is 61.4 Å². The van der Waals surface area contributed by atoms with Gasteiger partial charge in [0.1, 0.15) is 12.9 Å². The highest BCUT2D eigenvalue weighted by Crippen LogP contribution is 2.27. The Balaban J connectivity index is 0.000000837. The largest absolute Gasteiger partial charge is 0.486 e. The number of hydrogen-bond acceptors (Lipinski definition) is 7. The van der Waals surface area contributed by atoms with Gasteiger partial charge in [0.15, 0.2) is 5.75 Å². The molecule has 0 spiro atoms. The van der Waals surface area contributed by atoms with Crippen LogP contribution in [0.3, 0.4) is 0 Å². The average Bonchev–Trinajstić information content (AvgIpc) is 2.80. The quantitative estimate of drug-likeness (QED) is 0.344. The van der Waals surface area contributed by atoms with Gasteiger partial charge in [-0.25, -0.2) is 9.97 Å². The van der Waals surface area contributed by atoms with Crippen LogP contribution >= 0.6 is 11.6 Å². The number of nitrogens with two attached hydrogens (primary N) is 1. The maximum Gasteiger partial charge on any atom is 0.248 e. The summed E-state index contributed by atoms with van der Waals surface area (Å²) in [6, 6.07) is 10.7. The zero-order valence-electron chi connectivity index (χ0n) is 17.8. The second-order valence-electron chi connectivity index (χ2n) is 6.45. The Morgan fingerprint density at radius 3 is 2.53 bits per heavy atom. The normalized spacial score (nSPS) is 9.72. The number of benzene rings is 2. The van der Waals surface area contributed by atoms with E-state index in [1.807, 2.05) is 32.2 Å². The molecule has 8 nitrogen and oxygen atoms in total. The molecule has 32 heavy (non-hydrogen) atoms. The number of aromatic nitrogens is 2. The number of hydrogen-bond donors (Lipinski definition) is 3. The summed E-state index contributed by atoms with van der Waals surface area (Å²) in [7, 11) is 1.86. The van der Waals surface area contributed by atoms with Crippen LogP contribution in [0.4, 0.5) is 17.3 Å². The highest BCUT2D eigenvalue weighted by Gasteiger charge is 2.09. The first-order valence-electron chi connectivity index (χ1n) is 9.53. The Morgan fingerprint density at radius 2 is 1.94 bits per heavy atom. The molecule has 9 heteroatoms. The van der Waals surface area contributed by atoms with Gasteiger partial charge in [0, 0.05) is 23.2 Å². The second kappa shape index (κ2) is 12.1. The predicted molar refractivity (Wildman–Crippen MR) is 127 cm³/mol. The van der Waals surface area contributed by atoms with Gasteiger partial charge >= 0.3 is 0 Å². The molecule has 3 rings (SSSR count). The minimum Gasteiger partial charge on any atom is -0.486 e. The molecule has 0 saturated heterocycles. The monoisotopic (exact) mass is 453 g/mol. The van der Waals surface area contributed by atoms with Crippen molar-refractivity contribution in [1.29, 1.82) is 0 Å². The summed E-state index contributed by atoms with van der Waals surface area (Å²) in [5, 5.41) is 6.83. The molecule has 0 aliphatic heterocycles. The molecule has 4 N–H and O–H groups in total. The van der Waals surface area contributed by atoms with E-state index in [9.17, 15) is 4.79 Å². The number of carbonyl (C=O) groups is 2. The first kappa shape index (κ1) is 24.4. The highest BCUT2D eigenvalue weighted by atomic mass is 35.5. The van der Waals surface area contributed by atoms with E-state index in [1.165, 1.54) is 6.08 Å². The molecule has 0 unspecified atom stereocenters. The van der Waals surface area contributed by atoms with Gasteiger partial charge in [0.05, 0.1) is 23.8 Å². The summed E-state index contributed by atoms with van der Waals surface area (Å²) in [5.41, 5.74) is 9.25. The second-order valence-corrected chi connectivity index (χ2v) is 6.85. The molecule has 1 aromatic heterocycles. The van der Waals surface area contributed by atoms with Crippen molar-refractivity contribution in [3.05, 3.63) is 83.2 Å². The zero-order chi connectivity index (χ0) is 23.5. The Morgan fingerprint density at radius 1 is 1.25 bits per heavy atom. The highest BCUT2D eigenvalue weighted by molar-refractivity contribution is 6.31. The van der Waals surface area contributed by atoms with Gasteiger partial charge in [-0.1, -0.05) is 30.3 Å². The zero-order valence-corrected chi connectivity index (χ0v) is 18.5. The average molecular weight is 454 g/mol. The predicted octanol–water partition coefficient (Wildman–Crippen LogP) is 4.27. The summed E-state index contributed by atoms with van der Waals surface area (Å²) in [4.78, 5) is 28.9. The number of allylic oxidation sites excluding steroid dienone is 1. The van der Waals surface area contributed by atoms with E-state index in [1.54, 1.807) is 30.6 Å². The lowest BCUT2D eigenvalue weighted by Crippen LogP contribution is -2.11. The number of rotatable bonds is 8. The Labute approximate surface area is 191 Å². The molecular formula is C23H24ClN5O3. The van der Waals surface area contributed by atoms with Crippen LogP contribution in [0, 0.1) is 6.92 Å². The molecule has 0 radical (unpaired) electrons. The lowest BCUT2D eigenvalue weighted by Gasteiger charge is -2.13. The van der Waals surface area contributed by atoms with Crippen molar-refractivity contribution in [3.8, 4) is 5.75 Å². The lowest BCUT2D eigenvalue weighted by atomic mass is 10.1. The number of nitrogens with zero attached hydrogens (tertiary/aromatic N) is 2. The van der Waals surface area contributed by atoms with E-state index in [4.69, 9.17) is 26.9 Å². The van der Waals surface area contributed by atoms with Crippen LogP contribution in [0.1, 0.15) is 21.5 Å². The number of anilines is 3.